The summed E-state index contributed by atoms with van der Waals surface area (Å²) in [6, 6.07) is 17.5. The SMILES string of the molecule is CCOc1ccc(N2CC(O)=C(c3nc(-c4ccccc4)c(C)s3)C2=N)cc1. The highest BCUT2D eigenvalue weighted by atomic mass is 32.1. The maximum atomic E-state index is 10.6. The first-order chi connectivity index (χ1) is 13.6. The average molecular weight is 391 g/mol. The fourth-order valence-corrected chi connectivity index (χ4v) is 4.28. The standard InChI is InChI=1S/C22H21N3O2S/c1-3-27-17-11-9-16(10-12-17)25-13-18(26)19(21(25)23)22-24-20(14(2)28-22)15-7-5-4-6-8-15/h4-12,23,26H,3,13H2,1-2H3. The highest BCUT2D eigenvalue weighted by Gasteiger charge is 2.31. The summed E-state index contributed by atoms with van der Waals surface area (Å²) < 4.78 is 5.48. The molecule has 1 aromatic heterocycles. The van der Waals surface area contributed by atoms with Crippen LogP contribution in [-0.4, -0.2) is 29.1 Å². The molecule has 0 amide bonds. The van der Waals surface area contributed by atoms with Gasteiger partial charge in [-0.1, -0.05) is 30.3 Å². The van der Waals surface area contributed by atoms with E-state index in [1.54, 1.807) is 4.90 Å². The van der Waals surface area contributed by atoms with E-state index in [0.29, 0.717) is 17.2 Å². The molecule has 28 heavy (non-hydrogen) atoms. The van der Waals surface area contributed by atoms with Gasteiger partial charge in [-0.3, -0.25) is 5.41 Å². The lowest BCUT2D eigenvalue weighted by molar-refractivity contribution is 0.340. The molecule has 4 rings (SSSR count). The topological polar surface area (TPSA) is 69.4 Å². The Balaban J connectivity index is 1.63. The minimum atomic E-state index is 0.173. The first kappa shape index (κ1) is 18.3. The zero-order chi connectivity index (χ0) is 19.7. The third kappa shape index (κ3) is 3.27. The van der Waals surface area contributed by atoms with E-state index in [1.165, 1.54) is 11.3 Å². The predicted octanol–water partition coefficient (Wildman–Crippen LogP) is 5.28. The second kappa shape index (κ2) is 7.48. The number of rotatable bonds is 5. The summed E-state index contributed by atoms with van der Waals surface area (Å²) >= 11 is 1.50. The van der Waals surface area contributed by atoms with Gasteiger partial charge in [-0.2, -0.15) is 0 Å². The Bertz CT molecular complexity index is 1040. The van der Waals surface area contributed by atoms with Crippen molar-refractivity contribution in [1.82, 2.24) is 4.98 Å². The quantitative estimate of drug-likeness (QED) is 0.620. The summed E-state index contributed by atoms with van der Waals surface area (Å²) in [5.41, 5.74) is 3.28. The third-order valence-corrected chi connectivity index (χ3v) is 5.61. The molecule has 2 heterocycles. The molecule has 0 fully saturated rings. The fourth-order valence-electron chi connectivity index (χ4n) is 3.28. The van der Waals surface area contributed by atoms with Gasteiger partial charge in [0.15, 0.2) is 0 Å². The molecule has 0 saturated heterocycles. The van der Waals surface area contributed by atoms with Crippen LogP contribution in [0, 0.1) is 12.3 Å². The van der Waals surface area contributed by atoms with Gasteiger partial charge in [-0.25, -0.2) is 4.98 Å². The molecular weight excluding hydrogens is 370 g/mol. The van der Waals surface area contributed by atoms with Gasteiger partial charge in [0, 0.05) is 16.1 Å². The number of anilines is 1. The minimum Gasteiger partial charge on any atom is -0.510 e. The van der Waals surface area contributed by atoms with Crippen molar-refractivity contribution in [2.45, 2.75) is 13.8 Å². The van der Waals surface area contributed by atoms with Gasteiger partial charge in [-0.15, -0.1) is 11.3 Å². The lowest BCUT2D eigenvalue weighted by atomic mass is 10.1. The van der Waals surface area contributed by atoms with Crippen molar-refractivity contribution in [3.05, 3.63) is 70.2 Å². The van der Waals surface area contributed by atoms with Gasteiger partial charge >= 0.3 is 0 Å². The van der Waals surface area contributed by atoms with E-state index >= 15 is 0 Å². The molecule has 2 aromatic carbocycles. The van der Waals surface area contributed by atoms with Crippen molar-refractivity contribution < 1.29 is 9.84 Å². The molecule has 0 saturated carbocycles. The molecule has 3 aromatic rings. The smallest absolute Gasteiger partial charge is 0.139 e. The summed E-state index contributed by atoms with van der Waals surface area (Å²) in [4.78, 5) is 7.58. The maximum Gasteiger partial charge on any atom is 0.139 e. The Labute approximate surface area is 168 Å². The minimum absolute atomic E-state index is 0.173. The van der Waals surface area contributed by atoms with Crippen molar-refractivity contribution in [1.29, 1.82) is 5.41 Å². The number of aliphatic hydroxyl groups is 1. The normalized spacial score (nSPS) is 14.1. The Kier molecular flexibility index (Phi) is 4.88. The van der Waals surface area contributed by atoms with Crippen LogP contribution in [0.2, 0.25) is 0 Å². The van der Waals surface area contributed by atoms with Crippen LogP contribution in [0.5, 0.6) is 5.75 Å². The van der Waals surface area contributed by atoms with Gasteiger partial charge in [0.05, 0.1) is 24.4 Å². The number of amidine groups is 1. The molecule has 0 atom stereocenters. The number of nitrogens with zero attached hydrogens (tertiary/aromatic N) is 2. The van der Waals surface area contributed by atoms with E-state index in [4.69, 9.17) is 15.1 Å². The molecule has 1 aliphatic heterocycles. The number of nitrogens with one attached hydrogen (secondary N) is 1. The number of aryl methyl sites for hydroxylation is 1. The number of thiazole rings is 1. The van der Waals surface area contributed by atoms with E-state index in [9.17, 15) is 5.11 Å². The zero-order valence-electron chi connectivity index (χ0n) is 15.8. The van der Waals surface area contributed by atoms with Gasteiger partial charge in [-0.05, 0) is 38.1 Å². The van der Waals surface area contributed by atoms with Crippen LogP contribution in [0.3, 0.4) is 0 Å². The van der Waals surface area contributed by atoms with Crippen LogP contribution in [0.15, 0.2) is 60.4 Å². The molecule has 1 aliphatic rings. The summed E-state index contributed by atoms with van der Waals surface area (Å²) in [5, 5.41) is 19.9. The van der Waals surface area contributed by atoms with Crippen molar-refractivity contribution >= 4 is 28.4 Å². The predicted molar refractivity (Wildman–Crippen MR) is 115 cm³/mol. The zero-order valence-corrected chi connectivity index (χ0v) is 16.6. The monoisotopic (exact) mass is 391 g/mol. The summed E-state index contributed by atoms with van der Waals surface area (Å²) in [7, 11) is 0. The van der Waals surface area contributed by atoms with Crippen LogP contribution in [-0.2, 0) is 0 Å². The van der Waals surface area contributed by atoms with Crippen LogP contribution < -0.4 is 9.64 Å². The largest absolute Gasteiger partial charge is 0.510 e. The third-order valence-electron chi connectivity index (χ3n) is 4.62. The molecular formula is C22H21N3O2S. The first-order valence-electron chi connectivity index (χ1n) is 9.13. The Morgan fingerprint density at radius 1 is 1.14 bits per heavy atom. The first-order valence-corrected chi connectivity index (χ1v) is 9.94. The van der Waals surface area contributed by atoms with Gasteiger partial charge in [0.2, 0.25) is 0 Å². The number of aromatic nitrogens is 1. The lowest BCUT2D eigenvalue weighted by Gasteiger charge is -2.19. The number of hydrogen-bond donors (Lipinski definition) is 2. The van der Waals surface area contributed by atoms with Crippen molar-refractivity contribution in [2.24, 2.45) is 0 Å². The highest BCUT2D eigenvalue weighted by molar-refractivity contribution is 7.13. The fraction of sp³-hybridized carbons (Fsp3) is 0.182. The molecule has 2 N–H and O–H groups in total. The molecule has 0 spiro atoms. The van der Waals surface area contributed by atoms with Gasteiger partial charge in [0.25, 0.3) is 0 Å². The Hall–Kier alpha value is -3.12. The maximum absolute atomic E-state index is 10.6. The van der Waals surface area contributed by atoms with E-state index in [1.807, 2.05) is 68.4 Å². The van der Waals surface area contributed by atoms with E-state index in [2.05, 4.69) is 0 Å². The van der Waals surface area contributed by atoms with Gasteiger partial charge < -0.3 is 14.7 Å². The number of aliphatic hydroxyl groups excluding tert-OH is 1. The second-order valence-corrected chi connectivity index (χ2v) is 7.68. The molecule has 0 unspecified atom stereocenters. The van der Waals surface area contributed by atoms with Crippen LogP contribution >= 0.6 is 11.3 Å². The van der Waals surface area contributed by atoms with Crippen molar-refractivity contribution in [3.8, 4) is 17.0 Å². The van der Waals surface area contributed by atoms with Crippen LogP contribution in [0.1, 0.15) is 16.8 Å². The molecule has 6 heteroatoms. The Morgan fingerprint density at radius 2 is 1.86 bits per heavy atom. The second-order valence-electron chi connectivity index (χ2n) is 6.47. The van der Waals surface area contributed by atoms with E-state index in [0.717, 1.165) is 27.6 Å². The number of benzene rings is 2. The molecule has 142 valence electrons. The summed E-state index contributed by atoms with van der Waals surface area (Å²) in [6.45, 7) is 4.84. The van der Waals surface area contributed by atoms with Crippen LogP contribution in [0.25, 0.3) is 16.8 Å². The van der Waals surface area contributed by atoms with Crippen molar-refractivity contribution in [3.63, 3.8) is 0 Å². The van der Waals surface area contributed by atoms with E-state index < -0.39 is 0 Å². The molecule has 0 bridgehead atoms. The molecule has 0 aliphatic carbocycles. The number of ether oxygens (including phenoxy) is 1. The highest BCUT2D eigenvalue weighted by Crippen LogP contribution is 2.36. The average Bonchev–Trinajstić information content (AvgIpc) is 3.22. The van der Waals surface area contributed by atoms with E-state index in [-0.39, 0.29) is 18.1 Å². The molecule has 5 nitrogen and oxygen atoms in total. The number of hydrogen-bond acceptors (Lipinski definition) is 5. The molecule has 0 radical (unpaired) electrons. The van der Waals surface area contributed by atoms with Crippen molar-refractivity contribution in [2.75, 3.05) is 18.1 Å². The summed E-state index contributed by atoms with van der Waals surface area (Å²) in [6.07, 6.45) is 0. The summed E-state index contributed by atoms with van der Waals surface area (Å²) in [5.74, 6) is 1.22. The lowest BCUT2D eigenvalue weighted by Crippen LogP contribution is -2.25. The van der Waals surface area contributed by atoms with Crippen LogP contribution in [0.4, 0.5) is 5.69 Å². The Morgan fingerprint density at radius 3 is 2.54 bits per heavy atom. The van der Waals surface area contributed by atoms with Gasteiger partial charge in [0.1, 0.15) is 22.4 Å².